The number of aryl methyl sites for hydroxylation is 2. The fraction of sp³-hybridized carbons (Fsp3) is 0.227. The summed E-state index contributed by atoms with van der Waals surface area (Å²) >= 11 is 0. The van der Waals surface area contributed by atoms with Crippen molar-refractivity contribution >= 4 is 17.5 Å². The maximum absolute atomic E-state index is 12.7. The van der Waals surface area contributed by atoms with Gasteiger partial charge in [-0.2, -0.15) is 0 Å². The number of benzene rings is 2. The van der Waals surface area contributed by atoms with Crippen molar-refractivity contribution < 1.29 is 4.79 Å². The number of nitrogens with one attached hydrogen (secondary N) is 1. The van der Waals surface area contributed by atoms with Crippen LogP contribution in [0.3, 0.4) is 0 Å². The Morgan fingerprint density at radius 3 is 2.46 bits per heavy atom. The van der Waals surface area contributed by atoms with Gasteiger partial charge in [-0.25, -0.2) is 0 Å². The molecular formula is C22H23NO. The summed E-state index contributed by atoms with van der Waals surface area (Å²) < 4.78 is 0. The highest BCUT2D eigenvalue weighted by atomic mass is 16.1. The molecule has 0 aliphatic heterocycles. The highest BCUT2D eigenvalue weighted by Gasteiger charge is 2.20. The van der Waals surface area contributed by atoms with E-state index in [0.717, 1.165) is 41.7 Å². The van der Waals surface area contributed by atoms with Crippen molar-refractivity contribution in [1.82, 2.24) is 0 Å². The Kier molecular flexibility index (Phi) is 4.95. The van der Waals surface area contributed by atoms with Crippen molar-refractivity contribution in [3.8, 4) is 0 Å². The van der Waals surface area contributed by atoms with Crippen LogP contribution in [0.2, 0.25) is 0 Å². The van der Waals surface area contributed by atoms with Gasteiger partial charge in [0.05, 0.1) is 0 Å². The lowest BCUT2D eigenvalue weighted by atomic mass is 9.88. The van der Waals surface area contributed by atoms with E-state index in [4.69, 9.17) is 0 Å². The van der Waals surface area contributed by atoms with E-state index in [0.29, 0.717) is 0 Å². The molecule has 2 nitrogen and oxygen atoms in total. The van der Waals surface area contributed by atoms with Crippen LogP contribution in [0.5, 0.6) is 0 Å². The smallest absolute Gasteiger partial charge is 0.186 e. The summed E-state index contributed by atoms with van der Waals surface area (Å²) in [6, 6.07) is 16.3. The second-order valence-electron chi connectivity index (χ2n) is 6.40. The van der Waals surface area contributed by atoms with E-state index in [1.54, 1.807) is 0 Å². The number of rotatable bonds is 3. The van der Waals surface area contributed by atoms with Gasteiger partial charge in [0.15, 0.2) is 5.78 Å². The average Bonchev–Trinajstić information content (AvgIpc) is 2.58. The van der Waals surface area contributed by atoms with Crippen LogP contribution in [0.25, 0.3) is 6.08 Å². The minimum atomic E-state index is 0.169. The van der Waals surface area contributed by atoms with E-state index < -0.39 is 0 Å². The number of carbonyl (C=O) groups excluding carboxylic acids is 1. The molecule has 1 saturated carbocycles. The van der Waals surface area contributed by atoms with Crippen LogP contribution in [0.4, 0.5) is 5.69 Å². The Hall–Kier alpha value is -2.61. The molecule has 2 heteroatoms. The van der Waals surface area contributed by atoms with Crippen molar-refractivity contribution in [2.75, 3.05) is 5.32 Å². The molecule has 0 unspecified atom stereocenters. The van der Waals surface area contributed by atoms with Crippen LogP contribution in [-0.2, 0) is 4.79 Å². The number of ketones is 1. The van der Waals surface area contributed by atoms with Gasteiger partial charge in [-0.15, -0.1) is 0 Å². The zero-order chi connectivity index (χ0) is 16.9. The molecule has 2 aromatic rings. The summed E-state index contributed by atoms with van der Waals surface area (Å²) in [6.45, 7) is 4.16. The molecule has 1 N–H and O–H groups in total. The Balaban J connectivity index is 1.78. The fourth-order valence-corrected chi connectivity index (χ4v) is 3.07. The Morgan fingerprint density at radius 1 is 0.958 bits per heavy atom. The maximum Gasteiger partial charge on any atom is 0.186 e. The second-order valence-corrected chi connectivity index (χ2v) is 6.40. The topological polar surface area (TPSA) is 29.1 Å². The fourth-order valence-electron chi connectivity index (χ4n) is 3.07. The van der Waals surface area contributed by atoms with Gasteiger partial charge in [0.25, 0.3) is 0 Å². The predicted octanol–water partition coefficient (Wildman–Crippen LogP) is 5.44. The zero-order valence-corrected chi connectivity index (χ0v) is 14.3. The molecule has 3 rings (SSSR count). The quantitative estimate of drug-likeness (QED) is 0.764. The molecule has 0 atom stereocenters. The van der Waals surface area contributed by atoms with Gasteiger partial charge < -0.3 is 5.32 Å². The van der Waals surface area contributed by atoms with Gasteiger partial charge in [0, 0.05) is 23.0 Å². The standard InChI is InChI=1S/C22H23NO/c1-16-11-12-21(17(2)13-16)23-15-20-10-6-9-19(22(20)24)14-18-7-4-3-5-8-18/h3-5,7-8,11-15,23H,6,9-10H2,1-2H3/b19-14+,20-15-. The second kappa shape index (κ2) is 7.31. The Labute approximate surface area is 143 Å². The molecular weight excluding hydrogens is 294 g/mol. The normalized spacial score (nSPS) is 18.2. The zero-order valence-electron chi connectivity index (χ0n) is 14.3. The van der Waals surface area contributed by atoms with Crippen LogP contribution in [-0.4, -0.2) is 5.78 Å². The van der Waals surface area contributed by atoms with Gasteiger partial charge >= 0.3 is 0 Å². The SMILES string of the molecule is Cc1ccc(N/C=C2/CCC/C(=C\c3ccccc3)C2=O)c(C)c1. The van der Waals surface area contributed by atoms with Gasteiger partial charge in [0.1, 0.15) is 0 Å². The van der Waals surface area contributed by atoms with Crippen molar-refractivity contribution in [3.05, 3.63) is 82.6 Å². The first-order valence-electron chi connectivity index (χ1n) is 8.46. The monoisotopic (exact) mass is 317 g/mol. The third kappa shape index (κ3) is 3.83. The minimum Gasteiger partial charge on any atom is -0.361 e. The van der Waals surface area contributed by atoms with Crippen LogP contribution in [0.15, 0.2) is 65.9 Å². The van der Waals surface area contributed by atoms with E-state index >= 15 is 0 Å². The van der Waals surface area contributed by atoms with E-state index in [-0.39, 0.29) is 5.78 Å². The molecule has 1 aliphatic rings. The summed E-state index contributed by atoms with van der Waals surface area (Å²) in [5, 5.41) is 3.31. The molecule has 0 spiro atoms. The third-order valence-electron chi connectivity index (χ3n) is 4.40. The number of hydrogen-bond acceptors (Lipinski definition) is 2. The van der Waals surface area contributed by atoms with Gasteiger partial charge in [-0.3, -0.25) is 4.79 Å². The summed E-state index contributed by atoms with van der Waals surface area (Å²) in [5.41, 5.74) is 6.34. The first-order chi connectivity index (χ1) is 11.6. The number of hydrogen-bond donors (Lipinski definition) is 1. The lowest BCUT2D eigenvalue weighted by Crippen LogP contribution is -2.13. The number of carbonyl (C=O) groups is 1. The van der Waals surface area contributed by atoms with Crippen molar-refractivity contribution in [2.24, 2.45) is 0 Å². The van der Waals surface area contributed by atoms with Crippen LogP contribution >= 0.6 is 0 Å². The first kappa shape index (κ1) is 16.3. The van der Waals surface area contributed by atoms with Crippen molar-refractivity contribution in [2.45, 2.75) is 33.1 Å². The lowest BCUT2D eigenvalue weighted by Gasteiger charge is -2.17. The maximum atomic E-state index is 12.7. The largest absolute Gasteiger partial charge is 0.361 e. The summed E-state index contributed by atoms with van der Waals surface area (Å²) in [5.74, 6) is 0.169. The third-order valence-corrected chi connectivity index (χ3v) is 4.40. The van der Waals surface area contributed by atoms with Crippen molar-refractivity contribution in [1.29, 1.82) is 0 Å². The molecule has 0 aromatic heterocycles. The van der Waals surface area contributed by atoms with Gasteiger partial charge in [-0.05, 0) is 56.4 Å². The predicted molar refractivity (Wildman–Crippen MR) is 101 cm³/mol. The molecule has 2 aromatic carbocycles. The van der Waals surface area contributed by atoms with Gasteiger partial charge in [0.2, 0.25) is 0 Å². The molecule has 0 amide bonds. The number of Topliss-reactive ketones (excluding diaryl/α,β-unsaturated/α-hetero) is 1. The molecule has 122 valence electrons. The molecule has 24 heavy (non-hydrogen) atoms. The number of allylic oxidation sites excluding steroid dienone is 2. The van der Waals surface area contributed by atoms with Gasteiger partial charge in [-0.1, -0.05) is 48.0 Å². The number of anilines is 1. The highest BCUT2D eigenvalue weighted by molar-refractivity contribution is 6.11. The molecule has 1 fully saturated rings. The van der Waals surface area contributed by atoms with Crippen molar-refractivity contribution in [3.63, 3.8) is 0 Å². The molecule has 0 bridgehead atoms. The van der Waals surface area contributed by atoms with Crippen LogP contribution < -0.4 is 5.32 Å². The molecule has 0 radical (unpaired) electrons. The molecule has 0 heterocycles. The average molecular weight is 317 g/mol. The Bertz CT molecular complexity index is 800. The summed E-state index contributed by atoms with van der Waals surface area (Å²) in [7, 11) is 0. The van der Waals surface area contributed by atoms with Crippen LogP contribution in [0.1, 0.15) is 36.0 Å². The first-order valence-corrected chi connectivity index (χ1v) is 8.46. The van der Waals surface area contributed by atoms with E-state index in [1.807, 2.05) is 42.6 Å². The Morgan fingerprint density at radius 2 is 1.71 bits per heavy atom. The minimum absolute atomic E-state index is 0.169. The van der Waals surface area contributed by atoms with E-state index in [2.05, 4.69) is 37.4 Å². The highest BCUT2D eigenvalue weighted by Crippen LogP contribution is 2.27. The molecule has 0 saturated heterocycles. The summed E-state index contributed by atoms with van der Waals surface area (Å²) in [6.07, 6.45) is 6.62. The van der Waals surface area contributed by atoms with E-state index in [1.165, 1.54) is 11.1 Å². The lowest BCUT2D eigenvalue weighted by molar-refractivity contribution is -0.112. The van der Waals surface area contributed by atoms with Crippen LogP contribution in [0, 0.1) is 13.8 Å². The summed E-state index contributed by atoms with van der Waals surface area (Å²) in [4.78, 5) is 12.7. The van der Waals surface area contributed by atoms with E-state index in [9.17, 15) is 4.79 Å². The molecule has 1 aliphatic carbocycles.